The van der Waals surface area contributed by atoms with Crippen molar-refractivity contribution < 1.29 is 22.7 Å². The molecule has 1 aromatic carbocycles. The third-order valence-corrected chi connectivity index (χ3v) is 5.19. The van der Waals surface area contributed by atoms with Gasteiger partial charge in [0.25, 0.3) is 0 Å². The second-order valence-electron chi connectivity index (χ2n) is 6.06. The summed E-state index contributed by atoms with van der Waals surface area (Å²) in [5.74, 6) is 0.492. The maximum absolute atomic E-state index is 12.5. The number of rotatable bonds is 7. The van der Waals surface area contributed by atoms with Gasteiger partial charge in [-0.1, -0.05) is 0 Å². The molecule has 9 heteroatoms. The van der Waals surface area contributed by atoms with Crippen molar-refractivity contribution in [1.82, 2.24) is 10.0 Å². The number of benzene rings is 1. The summed E-state index contributed by atoms with van der Waals surface area (Å²) in [6, 6.07) is 3.45. The molecule has 1 heterocycles. The number of hydrogen-bond donors (Lipinski definition) is 3. The van der Waals surface area contributed by atoms with Crippen LogP contribution in [0, 0.1) is 0 Å². The Morgan fingerprint density at radius 3 is 2.60 bits per heavy atom. The number of carbonyl (C=O) groups excluding carboxylic acids is 1. The molecule has 2 rings (SSSR count). The van der Waals surface area contributed by atoms with Crippen LogP contribution in [-0.4, -0.2) is 46.2 Å². The molecule has 1 aliphatic heterocycles. The molecule has 8 nitrogen and oxygen atoms in total. The van der Waals surface area contributed by atoms with Gasteiger partial charge in [0.1, 0.15) is 0 Å². The molecular weight excluding hydrogens is 346 g/mol. The minimum Gasteiger partial charge on any atom is -0.490 e. The Morgan fingerprint density at radius 2 is 1.92 bits per heavy atom. The van der Waals surface area contributed by atoms with Crippen LogP contribution in [0.1, 0.15) is 26.7 Å². The average Bonchev–Trinajstić information content (AvgIpc) is 2.78. The quantitative estimate of drug-likeness (QED) is 0.637. The summed E-state index contributed by atoms with van der Waals surface area (Å²) < 4.78 is 38.3. The number of nitrogens with one attached hydrogen (secondary N) is 2. The van der Waals surface area contributed by atoms with E-state index in [2.05, 4.69) is 10.0 Å². The molecule has 4 N–H and O–H groups in total. The molecule has 1 aliphatic rings. The molecule has 0 radical (unpaired) electrons. The number of sulfonamides is 1. The maximum atomic E-state index is 12.5. The van der Waals surface area contributed by atoms with E-state index in [1.54, 1.807) is 6.07 Å². The van der Waals surface area contributed by atoms with Gasteiger partial charge in [-0.2, -0.15) is 4.72 Å². The Morgan fingerprint density at radius 1 is 1.24 bits per heavy atom. The van der Waals surface area contributed by atoms with Crippen molar-refractivity contribution in [3.8, 4) is 11.5 Å². The van der Waals surface area contributed by atoms with E-state index in [0.29, 0.717) is 37.7 Å². The lowest BCUT2D eigenvalue weighted by atomic mass is 10.2. The van der Waals surface area contributed by atoms with Gasteiger partial charge in [-0.05, 0) is 32.4 Å². The van der Waals surface area contributed by atoms with E-state index in [0.717, 1.165) is 6.42 Å². The fraction of sp³-hybridized carbons (Fsp3) is 0.562. The molecule has 1 amide bonds. The van der Waals surface area contributed by atoms with Gasteiger partial charge in [0.15, 0.2) is 11.5 Å². The van der Waals surface area contributed by atoms with Crippen LogP contribution < -0.4 is 25.2 Å². The van der Waals surface area contributed by atoms with Crippen molar-refractivity contribution >= 4 is 15.9 Å². The van der Waals surface area contributed by atoms with Crippen molar-refractivity contribution in [2.75, 3.05) is 19.8 Å². The van der Waals surface area contributed by atoms with E-state index >= 15 is 0 Å². The molecule has 0 spiro atoms. The van der Waals surface area contributed by atoms with E-state index < -0.39 is 22.0 Å². The van der Waals surface area contributed by atoms with E-state index in [4.69, 9.17) is 15.2 Å². The Hall–Kier alpha value is -1.84. The first-order chi connectivity index (χ1) is 11.8. The third kappa shape index (κ3) is 5.58. The van der Waals surface area contributed by atoms with Crippen molar-refractivity contribution in [3.05, 3.63) is 18.2 Å². The number of nitrogens with two attached hydrogens (primary N) is 1. The predicted octanol–water partition coefficient (Wildman–Crippen LogP) is 0.368. The monoisotopic (exact) mass is 371 g/mol. The van der Waals surface area contributed by atoms with Gasteiger partial charge >= 0.3 is 0 Å². The Balaban J connectivity index is 2.03. The molecule has 0 bridgehead atoms. The lowest BCUT2D eigenvalue weighted by Gasteiger charge is -2.16. The van der Waals surface area contributed by atoms with E-state index in [-0.39, 0.29) is 10.9 Å². The number of amides is 1. The van der Waals surface area contributed by atoms with Crippen LogP contribution in [0.4, 0.5) is 0 Å². The summed E-state index contributed by atoms with van der Waals surface area (Å²) in [5.41, 5.74) is 5.61. The van der Waals surface area contributed by atoms with Crippen molar-refractivity contribution in [1.29, 1.82) is 0 Å². The lowest BCUT2D eigenvalue weighted by Crippen LogP contribution is -2.45. The molecule has 25 heavy (non-hydrogen) atoms. The number of carbonyl (C=O) groups is 1. The van der Waals surface area contributed by atoms with Crippen LogP contribution in [0.15, 0.2) is 23.1 Å². The van der Waals surface area contributed by atoms with Gasteiger partial charge in [0.05, 0.1) is 24.2 Å². The molecule has 140 valence electrons. The number of hydrogen-bond acceptors (Lipinski definition) is 6. The highest BCUT2D eigenvalue weighted by Crippen LogP contribution is 2.31. The molecule has 0 saturated heterocycles. The van der Waals surface area contributed by atoms with Crippen LogP contribution in [0.25, 0.3) is 0 Å². The second kappa shape index (κ2) is 8.50. The van der Waals surface area contributed by atoms with Gasteiger partial charge < -0.3 is 20.5 Å². The van der Waals surface area contributed by atoms with Crippen LogP contribution in [0.2, 0.25) is 0 Å². The fourth-order valence-corrected chi connectivity index (χ4v) is 3.46. The van der Waals surface area contributed by atoms with Crippen molar-refractivity contribution in [3.63, 3.8) is 0 Å². The summed E-state index contributed by atoms with van der Waals surface area (Å²) in [6.45, 7) is 4.70. The summed E-state index contributed by atoms with van der Waals surface area (Å²) in [5, 5.41) is 2.66. The van der Waals surface area contributed by atoms with Gasteiger partial charge in [0, 0.05) is 25.1 Å². The molecule has 0 fully saturated rings. The molecule has 0 saturated carbocycles. The molecular formula is C16H25N3O5S. The minimum atomic E-state index is -3.86. The van der Waals surface area contributed by atoms with Crippen molar-refractivity contribution in [2.45, 2.75) is 43.7 Å². The van der Waals surface area contributed by atoms with E-state index in [9.17, 15) is 13.2 Å². The maximum Gasteiger partial charge on any atom is 0.241 e. The van der Waals surface area contributed by atoms with Crippen LogP contribution in [-0.2, 0) is 14.8 Å². The van der Waals surface area contributed by atoms with Gasteiger partial charge in [-0.25, -0.2) is 8.42 Å². The van der Waals surface area contributed by atoms with Crippen LogP contribution in [0.5, 0.6) is 11.5 Å². The molecule has 0 aliphatic carbocycles. The van der Waals surface area contributed by atoms with Crippen LogP contribution >= 0.6 is 0 Å². The highest BCUT2D eigenvalue weighted by Gasteiger charge is 2.23. The normalized spacial score (nSPS) is 16.6. The van der Waals surface area contributed by atoms with Gasteiger partial charge in [-0.3, -0.25) is 4.79 Å². The summed E-state index contributed by atoms with van der Waals surface area (Å²) in [6.07, 6.45) is 1.35. The van der Waals surface area contributed by atoms with Crippen LogP contribution in [0.3, 0.4) is 0 Å². The zero-order valence-electron chi connectivity index (χ0n) is 14.4. The largest absolute Gasteiger partial charge is 0.490 e. The third-order valence-electron chi connectivity index (χ3n) is 3.65. The summed E-state index contributed by atoms with van der Waals surface area (Å²) in [4.78, 5) is 12.0. The molecule has 2 unspecified atom stereocenters. The Bertz CT molecular complexity index is 706. The zero-order chi connectivity index (χ0) is 18.4. The molecule has 2 atom stereocenters. The van der Waals surface area contributed by atoms with E-state index in [1.165, 1.54) is 19.1 Å². The van der Waals surface area contributed by atoms with Crippen molar-refractivity contribution in [2.24, 2.45) is 5.73 Å². The summed E-state index contributed by atoms with van der Waals surface area (Å²) in [7, 11) is -3.86. The molecule has 0 aromatic heterocycles. The van der Waals surface area contributed by atoms with Gasteiger partial charge in [-0.15, -0.1) is 0 Å². The average molecular weight is 371 g/mol. The fourth-order valence-electron chi connectivity index (χ4n) is 2.24. The highest BCUT2D eigenvalue weighted by molar-refractivity contribution is 7.89. The second-order valence-corrected chi connectivity index (χ2v) is 7.77. The first kappa shape index (κ1) is 19.5. The number of ether oxygens (including phenoxy) is 2. The smallest absolute Gasteiger partial charge is 0.241 e. The summed E-state index contributed by atoms with van der Waals surface area (Å²) >= 11 is 0. The lowest BCUT2D eigenvalue weighted by molar-refractivity contribution is -0.122. The van der Waals surface area contributed by atoms with E-state index in [1.807, 2.05) is 6.92 Å². The highest BCUT2D eigenvalue weighted by atomic mass is 32.2. The topological polar surface area (TPSA) is 120 Å². The first-order valence-electron chi connectivity index (χ1n) is 8.25. The van der Waals surface area contributed by atoms with Gasteiger partial charge in [0.2, 0.25) is 15.9 Å². The minimum absolute atomic E-state index is 0.0204. The predicted molar refractivity (Wildman–Crippen MR) is 93.1 cm³/mol. The first-order valence-corrected chi connectivity index (χ1v) is 9.73. The standard InChI is InChI=1S/C16H25N3O5S/c1-11(17)6-7-18-16(20)12(2)19-25(21,22)13-4-5-14-15(10-13)24-9-3-8-23-14/h4-5,10-12,19H,3,6-9,17H2,1-2H3,(H,18,20). The molecule has 1 aromatic rings. The Labute approximate surface area is 148 Å². The zero-order valence-corrected chi connectivity index (χ0v) is 15.3. The SMILES string of the molecule is CC(N)CCNC(=O)C(C)NS(=O)(=O)c1ccc2c(c1)OCCCO2. The Kier molecular flexibility index (Phi) is 6.63. The number of fused-ring (bicyclic) bond motifs is 1.